The third kappa shape index (κ3) is 2.33. The Bertz CT molecular complexity index is 521. The van der Waals surface area contributed by atoms with Crippen molar-refractivity contribution in [3.8, 4) is 11.5 Å². The van der Waals surface area contributed by atoms with Gasteiger partial charge in [-0.2, -0.15) is 0 Å². The van der Waals surface area contributed by atoms with Gasteiger partial charge in [0.15, 0.2) is 17.1 Å². The Morgan fingerprint density at radius 3 is 2.95 bits per heavy atom. The molecule has 0 aliphatic carbocycles. The minimum atomic E-state index is -0.249. The molecule has 0 radical (unpaired) electrons. The molecule has 1 spiro atoms. The second kappa shape index (κ2) is 5.32. The summed E-state index contributed by atoms with van der Waals surface area (Å²) in [5.41, 5.74) is 1.70. The molecule has 0 N–H and O–H groups in total. The fourth-order valence-corrected chi connectivity index (χ4v) is 2.60. The van der Waals surface area contributed by atoms with E-state index < -0.39 is 0 Å². The molecule has 0 aromatic heterocycles. The minimum Gasteiger partial charge on any atom is -0.493 e. The minimum absolute atomic E-state index is 0.249. The lowest BCUT2D eigenvalue weighted by molar-refractivity contribution is -0.0237. The maximum Gasteiger partial charge on any atom is 0.168 e. The number of nitrogens with zero attached hydrogens (tertiary/aromatic N) is 1. The second-order valence-corrected chi connectivity index (χ2v) is 5.09. The van der Waals surface area contributed by atoms with E-state index in [2.05, 4.69) is 5.16 Å². The van der Waals surface area contributed by atoms with Crippen LogP contribution in [0.15, 0.2) is 23.4 Å². The molecule has 5 nitrogen and oxygen atoms in total. The van der Waals surface area contributed by atoms with Gasteiger partial charge in [-0.05, 0) is 25.1 Å². The molecule has 0 bridgehead atoms. The van der Waals surface area contributed by atoms with Crippen LogP contribution in [0.1, 0.15) is 25.3 Å². The molecule has 1 aromatic rings. The summed E-state index contributed by atoms with van der Waals surface area (Å²) < 4.78 is 16.3. The predicted molar refractivity (Wildman–Crippen MR) is 74.6 cm³/mol. The molecular weight excluding hydrogens is 258 g/mol. The lowest BCUT2D eigenvalue weighted by Crippen LogP contribution is -2.29. The summed E-state index contributed by atoms with van der Waals surface area (Å²) in [6.07, 6.45) is 1.68. The highest BCUT2D eigenvalue weighted by atomic mass is 16.7. The summed E-state index contributed by atoms with van der Waals surface area (Å²) in [5, 5.41) is 4.23. The monoisotopic (exact) mass is 277 g/mol. The fourth-order valence-electron chi connectivity index (χ4n) is 2.60. The van der Waals surface area contributed by atoms with Gasteiger partial charge in [0.05, 0.1) is 32.6 Å². The number of hydrogen-bond acceptors (Lipinski definition) is 5. The second-order valence-electron chi connectivity index (χ2n) is 5.09. The van der Waals surface area contributed by atoms with Crippen molar-refractivity contribution >= 4 is 5.71 Å². The molecule has 2 heterocycles. The number of rotatable bonds is 4. The molecule has 0 saturated carbocycles. The van der Waals surface area contributed by atoms with Crippen molar-refractivity contribution in [3.63, 3.8) is 0 Å². The van der Waals surface area contributed by atoms with Crippen molar-refractivity contribution in [2.75, 3.05) is 26.9 Å². The zero-order valence-corrected chi connectivity index (χ0v) is 11.8. The van der Waals surface area contributed by atoms with E-state index in [1.165, 1.54) is 0 Å². The Hall–Kier alpha value is -1.75. The van der Waals surface area contributed by atoms with E-state index in [0.717, 1.165) is 42.2 Å². The highest BCUT2D eigenvalue weighted by Gasteiger charge is 2.43. The van der Waals surface area contributed by atoms with Crippen LogP contribution >= 0.6 is 0 Å². The van der Waals surface area contributed by atoms with Gasteiger partial charge in [0, 0.05) is 18.4 Å². The molecule has 0 amide bonds. The van der Waals surface area contributed by atoms with Crippen LogP contribution in [0.3, 0.4) is 0 Å². The van der Waals surface area contributed by atoms with E-state index in [1.807, 2.05) is 25.1 Å². The lowest BCUT2D eigenvalue weighted by atomic mass is 9.93. The Labute approximate surface area is 118 Å². The predicted octanol–water partition coefficient (Wildman–Crippen LogP) is 2.38. The molecule has 5 heteroatoms. The maximum atomic E-state index is 5.61. The van der Waals surface area contributed by atoms with Crippen LogP contribution in [0.25, 0.3) is 0 Å². The zero-order chi connectivity index (χ0) is 14.0. The van der Waals surface area contributed by atoms with Gasteiger partial charge in [-0.1, -0.05) is 5.16 Å². The van der Waals surface area contributed by atoms with E-state index in [1.54, 1.807) is 7.11 Å². The van der Waals surface area contributed by atoms with Crippen molar-refractivity contribution in [2.24, 2.45) is 5.16 Å². The van der Waals surface area contributed by atoms with Crippen molar-refractivity contribution < 1.29 is 19.0 Å². The summed E-state index contributed by atoms with van der Waals surface area (Å²) in [7, 11) is 1.64. The molecule has 20 heavy (non-hydrogen) atoms. The summed E-state index contributed by atoms with van der Waals surface area (Å²) in [5.74, 6) is 1.47. The van der Waals surface area contributed by atoms with Crippen LogP contribution in [0.4, 0.5) is 0 Å². The first kappa shape index (κ1) is 13.2. The van der Waals surface area contributed by atoms with Crippen LogP contribution in [0, 0.1) is 0 Å². The smallest absolute Gasteiger partial charge is 0.168 e. The number of methoxy groups -OCH3 is 1. The van der Waals surface area contributed by atoms with Crippen molar-refractivity contribution in [2.45, 2.75) is 25.4 Å². The Morgan fingerprint density at radius 1 is 1.35 bits per heavy atom. The molecule has 1 atom stereocenters. The number of hydrogen-bond donors (Lipinski definition) is 0. The molecule has 2 aliphatic rings. The van der Waals surface area contributed by atoms with Crippen LogP contribution in [0.5, 0.6) is 11.5 Å². The van der Waals surface area contributed by atoms with Crippen LogP contribution < -0.4 is 9.47 Å². The third-order valence-corrected chi connectivity index (χ3v) is 3.70. The lowest BCUT2D eigenvalue weighted by Gasteiger charge is -2.17. The fraction of sp³-hybridized carbons (Fsp3) is 0.533. The van der Waals surface area contributed by atoms with Crippen LogP contribution in [-0.2, 0) is 9.57 Å². The summed E-state index contributed by atoms with van der Waals surface area (Å²) in [4.78, 5) is 5.61. The van der Waals surface area contributed by atoms with Crippen LogP contribution in [-0.4, -0.2) is 38.2 Å². The summed E-state index contributed by atoms with van der Waals surface area (Å²) in [6.45, 7) is 3.93. The maximum absolute atomic E-state index is 5.61. The van der Waals surface area contributed by atoms with Gasteiger partial charge < -0.3 is 19.0 Å². The molecule has 1 unspecified atom stereocenters. The Kier molecular flexibility index (Phi) is 3.53. The van der Waals surface area contributed by atoms with Crippen molar-refractivity contribution in [1.82, 2.24) is 0 Å². The van der Waals surface area contributed by atoms with Gasteiger partial charge in [-0.25, -0.2) is 0 Å². The van der Waals surface area contributed by atoms with Gasteiger partial charge in [0.25, 0.3) is 0 Å². The van der Waals surface area contributed by atoms with Gasteiger partial charge in [-0.15, -0.1) is 0 Å². The normalized spacial score (nSPS) is 24.6. The third-order valence-electron chi connectivity index (χ3n) is 3.70. The first-order valence-corrected chi connectivity index (χ1v) is 6.90. The van der Waals surface area contributed by atoms with Crippen molar-refractivity contribution in [1.29, 1.82) is 0 Å². The molecule has 1 aromatic carbocycles. The van der Waals surface area contributed by atoms with Gasteiger partial charge in [-0.3, -0.25) is 0 Å². The molecule has 108 valence electrons. The topological polar surface area (TPSA) is 49.3 Å². The Morgan fingerprint density at radius 2 is 2.25 bits per heavy atom. The van der Waals surface area contributed by atoms with Crippen LogP contribution in [0.2, 0.25) is 0 Å². The molecule has 1 fully saturated rings. The standard InChI is InChI=1S/C15H19NO4/c1-3-19-13-5-4-11(8-14(13)17-2)12-9-15(20-16-12)6-7-18-10-15/h4-5,8H,3,6-7,9-10H2,1-2H3. The molecule has 3 rings (SSSR count). The van der Waals surface area contributed by atoms with Crippen molar-refractivity contribution in [3.05, 3.63) is 23.8 Å². The largest absolute Gasteiger partial charge is 0.493 e. The average molecular weight is 277 g/mol. The quantitative estimate of drug-likeness (QED) is 0.848. The van der Waals surface area contributed by atoms with Gasteiger partial charge >= 0.3 is 0 Å². The Balaban J connectivity index is 1.81. The zero-order valence-electron chi connectivity index (χ0n) is 11.8. The van der Waals surface area contributed by atoms with E-state index in [0.29, 0.717) is 13.2 Å². The first-order valence-electron chi connectivity index (χ1n) is 6.90. The van der Waals surface area contributed by atoms with Gasteiger partial charge in [0.2, 0.25) is 0 Å². The summed E-state index contributed by atoms with van der Waals surface area (Å²) in [6, 6.07) is 5.85. The van der Waals surface area contributed by atoms with Gasteiger partial charge in [0.1, 0.15) is 0 Å². The first-order chi connectivity index (χ1) is 9.76. The number of benzene rings is 1. The molecule has 2 aliphatic heterocycles. The molecular formula is C15H19NO4. The highest BCUT2D eigenvalue weighted by Crippen LogP contribution is 2.36. The number of oxime groups is 1. The SMILES string of the molecule is CCOc1ccc(C2=NOC3(CCOC3)C2)cc1OC. The average Bonchev–Trinajstić information content (AvgIpc) is 3.10. The highest BCUT2D eigenvalue weighted by molar-refractivity contribution is 6.02. The van der Waals surface area contributed by atoms with E-state index >= 15 is 0 Å². The van der Waals surface area contributed by atoms with E-state index in [-0.39, 0.29) is 5.60 Å². The van der Waals surface area contributed by atoms with E-state index in [4.69, 9.17) is 19.0 Å². The number of ether oxygens (including phenoxy) is 3. The summed E-state index contributed by atoms with van der Waals surface area (Å²) >= 11 is 0. The van der Waals surface area contributed by atoms with E-state index in [9.17, 15) is 0 Å². The molecule has 1 saturated heterocycles.